The SMILES string of the molecule is C(=N/N=C/c1ccco1)/c1ccc(OCc2ccccc2)cc1. The Morgan fingerprint density at radius 3 is 2.35 bits per heavy atom. The Kier molecular flexibility index (Phi) is 4.98. The number of ether oxygens (including phenoxy) is 1. The summed E-state index contributed by atoms with van der Waals surface area (Å²) >= 11 is 0. The fourth-order valence-electron chi connectivity index (χ4n) is 1.95. The fraction of sp³-hybridized carbons (Fsp3) is 0.0526. The van der Waals surface area contributed by atoms with Crippen LogP contribution in [-0.2, 0) is 6.61 Å². The first-order chi connectivity index (χ1) is 11.4. The van der Waals surface area contributed by atoms with Crippen molar-refractivity contribution in [3.8, 4) is 5.75 Å². The van der Waals surface area contributed by atoms with E-state index in [1.165, 1.54) is 0 Å². The summed E-state index contributed by atoms with van der Waals surface area (Å²) < 4.78 is 10.9. The van der Waals surface area contributed by atoms with E-state index in [0.29, 0.717) is 12.4 Å². The zero-order valence-corrected chi connectivity index (χ0v) is 12.5. The molecular formula is C19H16N2O2. The highest BCUT2D eigenvalue weighted by Crippen LogP contribution is 2.13. The minimum atomic E-state index is 0.557. The molecule has 0 spiro atoms. The molecule has 1 heterocycles. The quantitative estimate of drug-likeness (QED) is 0.503. The Hall–Kier alpha value is -3.14. The van der Waals surface area contributed by atoms with Crippen LogP contribution in [0.5, 0.6) is 5.75 Å². The van der Waals surface area contributed by atoms with Gasteiger partial charge in [0.05, 0.1) is 18.7 Å². The lowest BCUT2D eigenvalue weighted by molar-refractivity contribution is 0.306. The highest BCUT2D eigenvalue weighted by atomic mass is 16.5. The van der Waals surface area contributed by atoms with Gasteiger partial charge in [-0.1, -0.05) is 30.3 Å². The van der Waals surface area contributed by atoms with Crippen LogP contribution in [0, 0.1) is 0 Å². The summed E-state index contributed by atoms with van der Waals surface area (Å²) in [6.07, 6.45) is 4.84. The van der Waals surface area contributed by atoms with Crippen molar-refractivity contribution in [1.82, 2.24) is 0 Å². The minimum Gasteiger partial charge on any atom is -0.489 e. The van der Waals surface area contributed by atoms with Gasteiger partial charge in [0.15, 0.2) is 0 Å². The molecule has 0 bridgehead atoms. The summed E-state index contributed by atoms with van der Waals surface area (Å²) in [5.41, 5.74) is 2.10. The van der Waals surface area contributed by atoms with Gasteiger partial charge in [0.2, 0.25) is 0 Å². The van der Waals surface area contributed by atoms with Crippen molar-refractivity contribution in [2.75, 3.05) is 0 Å². The average Bonchev–Trinajstić information content (AvgIpc) is 3.12. The van der Waals surface area contributed by atoms with Crippen LogP contribution in [0.25, 0.3) is 0 Å². The van der Waals surface area contributed by atoms with Crippen LogP contribution in [0.2, 0.25) is 0 Å². The maximum atomic E-state index is 5.74. The van der Waals surface area contributed by atoms with Gasteiger partial charge in [-0.05, 0) is 47.5 Å². The number of benzene rings is 2. The van der Waals surface area contributed by atoms with Crippen molar-refractivity contribution in [1.29, 1.82) is 0 Å². The lowest BCUT2D eigenvalue weighted by atomic mass is 10.2. The molecule has 0 aliphatic carbocycles. The van der Waals surface area contributed by atoms with Crippen LogP contribution in [-0.4, -0.2) is 12.4 Å². The standard InChI is InChI=1S/C19H16N2O2/c1-2-5-17(6-3-1)15-23-18-10-8-16(9-11-18)13-20-21-14-19-7-4-12-22-19/h1-14H,15H2/b20-13-,21-14+. The number of furan rings is 1. The first kappa shape index (κ1) is 14.8. The summed E-state index contributed by atoms with van der Waals surface area (Å²) in [5.74, 6) is 1.50. The lowest BCUT2D eigenvalue weighted by Crippen LogP contribution is -1.94. The normalized spacial score (nSPS) is 11.3. The molecular weight excluding hydrogens is 288 g/mol. The summed E-state index contributed by atoms with van der Waals surface area (Å²) in [6, 6.07) is 21.4. The maximum Gasteiger partial charge on any atom is 0.146 e. The van der Waals surface area contributed by atoms with E-state index in [1.807, 2.05) is 60.7 Å². The molecule has 0 saturated heterocycles. The molecule has 3 aromatic rings. The highest BCUT2D eigenvalue weighted by molar-refractivity contribution is 5.81. The van der Waals surface area contributed by atoms with Crippen LogP contribution in [0.15, 0.2) is 87.6 Å². The molecule has 0 fully saturated rings. The zero-order chi connectivity index (χ0) is 15.7. The van der Waals surface area contributed by atoms with Crippen molar-refractivity contribution in [2.45, 2.75) is 6.61 Å². The van der Waals surface area contributed by atoms with E-state index in [4.69, 9.17) is 9.15 Å². The molecule has 0 unspecified atom stereocenters. The monoisotopic (exact) mass is 304 g/mol. The minimum absolute atomic E-state index is 0.557. The van der Waals surface area contributed by atoms with Gasteiger partial charge in [0.1, 0.15) is 18.1 Å². The first-order valence-corrected chi connectivity index (χ1v) is 7.27. The first-order valence-electron chi connectivity index (χ1n) is 7.27. The fourth-order valence-corrected chi connectivity index (χ4v) is 1.95. The maximum absolute atomic E-state index is 5.74. The molecule has 23 heavy (non-hydrogen) atoms. The molecule has 1 aromatic heterocycles. The average molecular weight is 304 g/mol. The van der Waals surface area contributed by atoms with Crippen LogP contribution in [0.4, 0.5) is 0 Å². The molecule has 4 nitrogen and oxygen atoms in total. The lowest BCUT2D eigenvalue weighted by Gasteiger charge is -2.06. The molecule has 0 saturated carbocycles. The molecule has 114 valence electrons. The molecule has 0 amide bonds. The molecule has 3 rings (SSSR count). The van der Waals surface area contributed by atoms with Crippen molar-refractivity contribution in [2.24, 2.45) is 10.2 Å². The topological polar surface area (TPSA) is 47.1 Å². The molecule has 0 aliphatic heterocycles. The Morgan fingerprint density at radius 1 is 0.826 bits per heavy atom. The second-order valence-electron chi connectivity index (χ2n) is 4.85. The number of hydrogen-bond donors (Lipinski definition) is 0. The van der Waals surface area contributed by atoms with Crippen molar-refractivity contribution in [3.63, 3.8) is 0 Å². The van der Waals surface area contributed by atoms with Gasteiger partial charge >= 0.3 is 0 Å². The smallest absolute Gasteiger partial charge is 0.146 e. The summed E-state index contributed by atoms with van der Waals surface area (Å²) in [5, 5.41) is 7.91. The Balaban J connectivity index is 1.52. The Morgan fingerprint density at radius 2 is 1.61 bits per heavy atom. The van der Waals surface area contributed by atoms with E-state index in [0.717, 1.165) is 16.9 Å². The van der Waals surface area contributed by atoms with E-state index < -0.39 is 0 Å². The van der Waals surface area contributed by atoms with Crippen LogP contribution >= 0.6 is 0 Å². The van der Waals surface area contributed by atoms with Gasteiger partial charge in [0.25, 0.3) is 0 Å². The number of rotatable bonds is 6. The third-order valence-electron chi connectivity index (χ3n) is 3.13. The number of nitrogens with zero attached hydrogens (tertiary/aromatic N) is 2. The van der Waals surface area contributed by atoms with Gasteiger partial charge in [-0.15, -0.1) is 0 Å². The molecule has 0 N–H and O–H groups in total. The van der Waals surface area contributed by atoms with E-state index in [2.05, 4.69) is 10.2 Å². The predicted octanol–water partition coefficient (Wildman–Crippen LogP) is 4.31. The third kappa shape index (κ3) is 4.68. The van der Waals surface area contributed by atoms with Crippen LogP contribution < -0.4 is 4.74 Å². The van der Waals surface area contributed by atoms with Gasteiger partial charge in [-0.2, -0.15) is 10.2 Å². The highest BCUT2D eigenvalue weighted by Gasteiger charge is 1.95. The van der Waals surface area contributed by atoms with Crippen molar-refractivity contribution >= 4 is 12.4 Å². The largest absolute Gasteiger partial charge is 0.489 e. The Bertz CT molecular complexity index is 761. The van der Waals surface area contributed by atoms with E-state index in [-0.39, 0.29) is 0 Å². The second kappa shape index (κ2) is 7.75. The molecule has 0 aliphatic rings. The second-order valence-corrected chi connectivity index (χ2v) is 4.85. The summed E-state index contributed by atoms with van der Waals surface area (Å²) in [4.78, 5) is 0. The van der Waals surface area contributed by atoms with E-state index >= 15 is 0 Å². The summed E-state index contributed by atoms with van der Waals surface area (Å²) in [6.45, 7) is 0.557. The molecule has 0 radical (unpaired) electrons. The summed E-state index contributed by atoms with van der Waals surface area (Å²) in [7, 11) is 0. The van der Waals surface area contributed by atoms with Crippen LogP contribution in [0.1, 0.15) is 16.9 Å². The van der Waals surface area contributed by atoms with E-state index in [1.54, 1.807) is 24.8 Å². The zero-order valence-electron chi connectivity index (χ0n) is 12.5. The van der Waals surface area contributed by atoms with Crippen LogP contribution in [0.3, 0.4) is 0 Å². The predicted molar refractivity (Wildman–Crippen MR) is 91.1 cm³/mol. The molecule has 4 heteroatoms. The third-order valence-corrected chi connectivity index (χ3v) is 3.13. The molecule has 2 aromatic carbocycles. The van der Waals surface area contributed by atoms with E-state index in [9.17, 15) is 0 Å². The molecule has 0 atom stereocenters. The van der Waals surface area contributed by atoms with Crippen molar-refractivity contribution < 1.29 is 9.15 Å². The van der Waals surface area contributed by atoms with Gasteiger partial charge in [-0.3, -0.25) is 0 Å². The Labute approximate surface area is 134 Å². The van der Waals surface area contributed by atoms with Gasteiger partial charge < -0.3 is 9.15 Å². The van der Waals surface area contributed by atoms with Gasteiger partial charge in [0, 0.05) is 0 Å². The number of hydrogen-bond acceptors (Lipinski definition) is 4. The van der Waals surface area contributed by atoms with Gasteiger partial charge in [-0.25, -0.2) is 0 Å². The van der Waals surface area contributed by atoms with Crippen molar-refractivity contribution in [3.05, 3.63) is 89.9 Å².